The molecular formula is C22H18ClF3N4O2. The van der Waals surface area contributed by atoms with Gasteiger partial charge in [0.05, 0.1) is 16.4 Å². The molecule has 166 valence electrons. The third-order valence-corrected chi connectivity index (χ3v) is 5.67. The second-order valence-corrected chi connectivity index (χ2v) is 7.82. The van der Waals surface area contributed by atoms with Gasteiger partial charge >= 0.3 is 6.18 Å². The molecule has 1 aliphatic heterocycles. The van der Waals surface area contributed by atoms with E-state index in [1.54, 1.807) is 24.3 Å². The molecule has 2 amide bonds. The number of carbonyl (C=O) groups is 2. The predicted octanol–water partition coefficient (Wildman–Crippen LogP) is 4.30. The molecule has 1 unspecified atom stereocenters. The highest BCUT2D eigenvalue weighted by molar-refractivity contribution is 6.32. The molecular weight excluding hydrogens is 445 g/mol. The van der Waals surface area contributed by atoms with E-state index in [0.717, 1.165) is 10.7 Å². The van der Waals surface area contributed by atoms with Gasteiger partial charge in [0.1, 0.15) is 6.04 Å². The Balaban J connectivity index is 1.71. The summed E-state index contributed by atoms with van der Waals surface area (Å²) in [5.74, 6) is -0.913. The molecule has 1 fully saturated rings. The van der Waals surface area contributed by atoms with Crippen LogP contribution >= 0.6 is 11.6 Å². The van der Waals surface area contributed by atoms with Crippen LogP contribution in [-0.4, -0.2) is 39.1 Å². The van der Waals surface area contributed by atoms with Crippen molar-refractivity contribution in [3.8, 4) is 16.9 Å². The topological polar surface area (TPSA) is 81.2 Å². The highest BCUT2D eigenvalue weighted by Crippen LogP contribution is 2.34. The quantitative estimate of drug-likeness (QED) is 0.627. The third-order valence-electron chi connectivity index (χ3n) is 5.35. The Morgan fingerprint density at radius 3 is 2.41 bits per heavy atom. The molecule has 0 bridgehead atoms. The zero-order chi connectivity index (χ0) is 23.0. The summed E-state index contributed by atoms with van der Waals surface area (Å²) >= 11 is 6.19. The van der Waals surface area contributed by atoms with Crippen molar-refractivity contribution in [1.82, 2.24) is 14.7 Å². The molecule has 3 aromatic rings. The molecule has 1 saturated heterocycles. The van der Waals surface area contributed by atoms with Crippen LogP contribution in [0.25, 0.3) is 16.9 Å². The van der Waals surface area contributed by atoms with Crippen LogP contribution in [-0.2, 0) is 11.0 Å². The van der Waals surface area contributed by atoms with Gasteiger partial charge in [-0.2, -0.15) is 18.3 Å². The van der Waals surface area contributed by atoms with Crippen LogP contribution < -0.4 is 5.73 Å². The van der Waals surface area contributed by atoms with Gasteiger partial charge in [-0.15, -0.1) is 0 Å². The maximum atomic E-state index is 13.4. The zero-order valence-electron chi connectivity index (χ0n) is 16.6. The third kappa shape index (κ3) is 4.08. The maximum Gasteiger partial charge on any atom is 0.435 e. The summed E-state index contributed by atoms with van der Waals surface area (Å²) in [4.78, 5) is 25.8. The summed E-state index contributed by atoms with van der Waals surface area (Å²) in [7, 11) is 0. The average molecular weight is 463 g/mol. The Hall–Kier alpha value is -3.33. The molecule has 2 aromatic carbocycles. The number of nitrogens with zero attached hydrogens (tertiary/aromatic N) is 3. The highest BCUT2D eigenvalue weighted by Gasteiger charge is 2.36. The minimum absolute atomic E-state index is 0.167. The number of alkyl halides is 3. The van der Waals surface area contributed by atoms with E-state index in [9.17, 15) is 22.8 Å². The summed E-state index contributed by atoms with van der Waals surface area (Å²) in [5, 5.41) is 3.96. The van der Waals surface area contributed by atoms with E-state index < -0.39 is 23.8 Å². The first kappa shape index (κ1) is 21.9. The standard InChI is InChI=1S/C22H18ClF3N4O2/c23-15-4-1-2-5-16(15)30-18(12-19(28-30)22(24,25)26)13-7-9-14(10-8-13)21(32)29-11-3-6-17(29)20(27)31/h1-2,4-5,7-10,12,17H,3,6,11H2,(H2,27,31). The number of rotatable bonds is 4. The minimum atomic E-state index is -4.64. The SMILES string of the molecule is NC(=O)C1CCCN1C(=O)c1ccc(-c2cc(C(F)(F)F)nn2-c2ccccc2Cl)cc1. The molecule has 0 radical (unpaired) electrons. The van der Waals surface area contributed by atoms with Gasteiger partial charge in [-0.05, 0) is 43.2 Å². The number of likely N-dealkylation sites (tertiary alicyclic amines) is 1. The summed E-state index contributed by atoms with van der Waals surface area (Å²) in [6, 6.07) is 12.8. The molecule has 0 saturated carbocycles. The van der Waals surface area contributed by atoms with Gasteiger partial charge in [0.25, 0.3) is 5.91 Å². The predicted molar refractivity (Wildman–Crippen MR) is 112 cm³/mol. The van der Waals surface area contributed by atoms with Crippen LogP contribution in [0.4, 0.5) is 13.2 Å². The fourth-order valence-corrected chi connectivity index (χ4v) is 4.00. The molecule has 1 aliphatic rings. The first-order valence-corrected chi connectivity index (χ1v) is 10.2. The van der Waals surface area contributed by atoms with Crippen molar-refractivity contribution < 1.29 is 22.8 Å². The van der Waals surface area contributed by atoms with Gasteiger partial charge < -0.3 is 10.6 Å². The fraction of sp³-hybridized carbons (Fsp3) is 0.227. The number of primary amides is 1. The number of hydrogen-bond acceptors (Lipinski definition) is 3. The second-order valence-electron chi connectivity index (χ2n) is 7.41. The number of para-hydroxylation sites is 1. The molecule has 1 atom stereocenters. The molecule has 6 nitrogen and oxygen atoms in total. The zero-order valence-corrected chi connectivity index (χ0v) is 17.4. The van der Waals surface area contributed by atoms with Crippen molar-refractivity contribution in [3.63, 3.8) is 0 Å². The van der Waals surface area contributed by atoms with Gasteiger partial charge in [0, 0.05) is 17.7 Å². The highest BCUT2D eigenvalue weighted by atomic mass is 35.5. The lowest BCUT2D eigenvalue weighted by Gasteiger charge is -2.22. The Morgan fingerprint density at radius 2 is 1.78 bits per heavy atom. The Bertz CT molecular complexity index is 1170. The molecule has 2 heterocycles. The number of carbonyl (C=O) groups excluding carboxylic acids is 2. The van der Waals surface area contributed by atoms with E-state index in [-0.39, 0.29) is 16.6 Å². The summed E-state index contributed by atoms with van der Waals surface area (Å²) in [6.07, 6.45) is -3.46. The summed E-state index contributed by atoms with van der Waals surface area (Å²) in [5.41, 5.74) is 5.50. The van der Waals surface area contributed by atoms with Crippen molar-refractivity contribution in [3.05, 3.63) is 70.9 Å². The lowest BCUT2D eigenvalue weighted by molar-refractivity contribution is -0.141. The number of nitrogens with two attached hydrogens (primary N) is 1. The number of amides is 2. The van der Waals surface area contributed by atoms with E-state index >= 15 is 0 Å². The number of benzene rings is 2. The summed E-state index contributed by atoms with van der Waals surface area (Å²) in [6.45, 7) is 0.419. The molecule has 32 heavy (non-hydrogen) atoms. The summed E-state index contributed by atoms with van der Waals surface area (Å²) < 4.78 is 41.2. The first-order chi connectivity index (χ1) is 15.2. The first-order valence-electron chi connectivity index (χ1n) is 9.79. The lowest BCUT2D eigenvalue weighted by atomic mass is 10.1. The van der Waals surface area contributed by atoms with E-state index in [0.29, 0.717) is 36.2 Å². The molecule has 10 heteroatoms. The van der Waals surface area contributed by atoms with Crippen LogP contribution in [0.1, 0.15) is 28.9 Å². The van der Waals surface area contributed by atoms with Gasteiger partial charge in [0.15, 0.2) is 5.69 Å². The Morgan fingerprint density at radius 1 is 1.09 bits per heavy atom. The van der Waals surface area contributed by atoms with Crippen LogP contribution in [0, 0.1) is 0 Å². The van der Waals surface area contributed by atoms with Crippen LogP contribution in [0.3, 0.4) is 0 Å². The van der Waals surface area contributed by atoms with Gasteiger partial charge in [-0.25, -0.2) is 4.68 Å². The van der Waals surface area contributed by atoms with Crippen LogP contribution in [0.2, 0.25) is 5.02 Å². The fourth-order valence-electron chi connectivity index (χ4n) is 3.79. The molecule has 1 aromatic heterocycles. The van der Waals surface area contributed by atoms with Gasteiger partial charge in [-0.1, -0.05) is 35.9 Å². The lowest BCUT2D eigenvalue weighted by Crippen LogP contribution is -2.43. The largest absolute Gasteiger partial charge is 0.435 e. The number of hydrogen-bond donors (Lipinski definition) is 1. The Labute approximate surface area is 186 Å². The Kier molecular flexibility index (Phi) is 5.68. The van der Waals surface area contributed by atoms with Crippen molar-refractivity contribution in [2.45, 2.75) is 25.1 Å². The maximum absolute atomic E-state index is 13.4. The van der Waals surface area contributed by atoms with Crippen LogP contribution in [0.5, 0.6) is 0 Å². The van der Waals surface area contributed by atoms with E-state index in [2.05, 4.69) is 5.10 Å². The van der Waals surface area contributed by atoms with Crippen molar-refractivity contribution in [2.75, 3.05) is 6.54 Å². The van der Waals surface area contributed by atoms with Gasteiger partial charge in [-0.3, -0.25) is 9.59 Å². The van der Waals surface area contributed by atoms with E-state index in [4.69, 9.17) is 17.3 Å². The monoisotopic (exact) mass is 462 g/mol. The molecule has 2 N–H and O–H groups in total. The van der Waals surface area contributed by atoms with Crippen LogP contribution in [0.15, 0.2) is 54.6 Å². The number of aromatic nitrogens is 2. The van der Waals surface area contributed by atoms with Crippen molar-refractivity contribution in [1.29, 1.82) is 0 Å². The smallest absolute Gasteiger partial charge is 0.368 e. The van der Waals surface area contributed by atoms with E-state index in [1.807, 2.05) is 0 Å². The molecule has 0 aliphatic carbocycles. The second kappa shape index (κ2) is 8.31. The molecule has 4 rings (SSSR count). The normalized spacial score (nSPS) is 16.4. The van der Waals surface area contributed by atoms with E-state index in [1.165, 1.54) is 29.2 Å². The average Bonchev–Trinajstić information content (AvgIpc) is 3.41. The van der Waals surface area contributed by atoms with Crippen molar-refractivity contribution >= 4 is 23.4 Å². The number of halogens is 4. The van der Waals surface area contributed by atoms with Gasteiger partial charge in [0.2, 0.25) is 5.91 Å². The van der Waals surface area contributed by atoms with Crippen molar-refractivity contribution in [2.24, 2.45) is 5.73 Å². The molecule has 0 spiro atoms. The minimum Gasteiger partial charge on any atom is -0.368 e.